The number of ether oxygens (including phenoxy) is 1. The third kappa shape index (κ3) is 5.54. The number of carbonyl (C=O) groups excluding carboxylic acids is 1. The zero-order chi connectivity index (χ0) is 21.7. The molecule has 8 nitrogen and oxygen atoms in total. The van der Waals surface area contributed by atoms with E-state index in [0.717, 1.165) is 30.2 Å². The van der Waals surface area contributed by atoms with Crippen LogP contribution in [-0.4, -0.2) is 55.8 Å². The van der Waals surface area contributed by atoms with Crippen molar-refractivity contribution in [3.8, 4) is 0 Å². The van der Waals surface area contributed by atoms with Crippen molar-refractivity contribution in [2.24, 2.45) is 0 Å². The van der Waals surface area contributed by atoms with Crippen LogP contribution in [0.1, 0.15) is 30.9 Å². The number of aryl methyl sites for hydroxylation is 1. The minimum Gasteiger partial charge on any atom is -0.378 e. The number of benzene rings is 1. The van der Waals surface area contributed by atoms with Gasteiger partial charge in [0.2, 0.25) is 5.91 Å². The lowest BCUT2D eigenvalue weighted by Crippen LogP contribution is -2.37. The van der Waals surface area contributed by atoms with E-state index in [4.69, 9.17) is 4.74 Å². The van der Waals surface area contributed by atoms with Crippen molar-refractivity contribution in [2.45, 2.75) is 43.9 Å². The molecule has 1 N–H and O–H groups in total. The van der Waals surface area contributed by atoms with Gasteiger partial charge in [0.15, 0.2) is 9.84 Å². The first-order chi connectivity index (χ1) is 14.3. The summed E-state index contributed by atoms with van der Waals surface area (Å²) in [6.45, 7) is 8.35. The summed E-state index contributed by atoms with van der Waals surface area (Å²) in [5.41, 5.74) is 1.59. The molecule has 2 aromatic rings. The van der Waals surface area contributed by atoms with Gasteiger partial charge >= 0.3 is 0 Å². The van der Waals surface area contributed by atoms with E-state index in [1.165, 1.54) is 0 Å². The van der Waals surface area contributed by atoms with Gasteiger partial charge in [0.1, 0.15) is 11.6 Å². The molecule has 30 heavy (non-hydrogen) atoms. The lowest BCUT2D eigenvalue weighted by atomic mass is 10.1. The molecule has 0 unspecified atom stereocenters. The Kier molecular flexibility index (Phi) is 7.04. The molecule has 0 saturated carbocycles. The van der Waals surface area contributed by atoms with E-state index >= 15 is 0 Å². The van der Waals surface area contributed by atoms with Gasteiger partial charge in [-0.05, 0) is 38.5 Å². The Labute approximate surface area is 177 Å². The molecular formula is C21H28N4O4S. The topological polar surface area (TPSA) is 101 Å². The average Bonchev–Trinajstić information content (AvgIpc) is 2.73. The number of nitrogens with one attached hydrogen (secondary N) is 1. The van der Waals surface area contributed by atoms with Crippen molar-refractivity contribution < 1.29 is 17.9 Å². The molecule has 0 atom stereocenters. The lowest BCUT2D eigenvalue weighted by molar-refractivity contribution is -0.120. The van der Waals surface area contributed by atoms with Gasteiger partial charge in [-0.15, -0.1) is 0 Å². The Bertz CT molecular complexity index is 985. The minimum absolute atomic E-state index is 0.157. The van der Waals surface area contributed by atoms with Gasteiger partial charge in [-0.3, -0.25) is 4.79 Å². The highest BCUT2D eigenvalue weighted by atomic mass is 32.2. The Hall–Kier alpha value is -2.52. The highest BCUT2D eigenvalue weighted by Gasteiger charge is 2.19. The third-order valence-corrected chi connectivity index (χ3v) is 7.07. The number of carbonyl (C=O) groups is 1. The molecule has 2 heterocycles. The Morgan fingerprint density at radius 3 is 2.47 bits per heavy atom. The van der Waals surface area contributed by atoms with E-state index in [2.05, 4.69) is 20.2 Å². The van der Waals surface area contributed by atoms with Crippen molar-refractivity contribution in [3.63, 3.8) is 0 Å². The zero-order valence-electron chi connectivity index (χ0n) is 17.6. The number of aromatic nitrogens is 2. The highest BCUT2D eigenvalue weighted by molar-refractivity contribution is 7.92. The van der Waals surface area contributed by atoms with Crippen molar-refractivity contribution in [2.75, 3.05) is 31.2 Å². The molecule has 1 saturated heterocycles. The lowest BCUT2D eigenvalue weighted by Gasteiger charge is -2.28. The second-order valence-corrected chi connectivity index (χ2v) is 10.1. The van der Waals surface area contributed by atoms with E-state index in [0.29, 0.717) is 19.0 Å². The number of amides is 1. The molecule has 0 spiro atoms. The molecule has 1 aromatic heterocycles. The first-order valence-corrected chi connectivity index (χ1v) is 11.6. The SMILES string of the molecule is Cc1cc(N2CCOCC2)nc(CNC(=O)Cc2ccc(S(=O)(=O)C(C)C)cc2)n1. The van der Waals surface area contributed by atoms with Crippen molar-refractivity contribution in [1.29, 1.82) is 0 Å². The van der Waals surface area contributed by atoms with Gasteiger partial charge < -0.3 is 15.0 Å². The van der Waals surface area contributed by atoms with Crippen LogP contribution in [0.15, 0.2) is 35.2 Å². The molecule has 1 fully saturated rings. The first-order valence-electron chi connectivity index (χ1n) is 10.0. The molecule has 1 aliphatic rings. The van der Waals surface area contributed by atoms with E-state index in [1.807, 2.05) is 13.0 Å². The van der Waals surface area contributed by atoms with Crippen LogP contribution in [0.4, 0.5) is 5.82 Å². The quantitative estimate of drug-likeness (QED) is 0.710. The molecule has 0 aliphatic carbocycles. The van der Waals surface area contributed by atoms with Crippen LogP contribution in [0.5, 0.6) is 0 Å². The van der Waals surface area contributed by atoms with Crippen LogP contribution < -0.4 is 10.2 Å². The molecule has 9 heteroatoms. The number of anilines is 1. The van der Waals surface area contributed by atoms with E-state index in [9.17, 15) is 13.2 Å². The molecule has 1 amide bonds. The smallest absolute Gasteiger partial charge is 0.224 e. The second kappa shape index (κ2) is 9.53. The van der Waals surface area contributed by atoms with Gasteiger partial charge in [0.05, 0.1) is 36.3 Å². The molecule has 1 aliphatic heterocycles. The molecule has 1 aromatic carbocycles. The van der Waals surface area contributed by atoms with Crippen LogP contribution in [0, 0.1) is 6.92 Å². The number of rotatable bonds is 7. The monoisotopic (exact) mass is 432 g/mol. The number of morpholine rings is 1. The van der Waals surface area contributed by atoms with Crippen LogP contribution in [0.25, 0.3) is 0 Å². The van der Waals surface area contributed by atoms with Gasteiger partial charge in [-0.25, -0.2) is 18.4 Å². The Balaban J connectivity index is 1.59. The van der Waals surface area contributed by atoms with E-state index in [-0.39, 0.29) is 23.8 Å². The predicted octanol–water partition coefficient (Wildman–Crippen LogP) is 1.66. The fourth-order valence-corrected chi connectivity index (χ4v) is 4.20. The molecule has 162 valence electrons. The maximum atomic E-state index is 12.3. The fraction of sp³-hybridized carbons (Fsp3) is 0.476. The van der Waals surface area contributed by atoms with Gasteiger partial charge in [-0.1, -0.05) is 12.1 Å². The molecule has 0 bridgehead atoms. The number of sulfone groups is 1. The normalized spacial score (nSPS) is 14.7. The number of hydrogen-bond donors (Lipinski definition) is 1. The van der Waals surface area contributed by atoms with Gasteiger partial charge in [-0.2, -0.15) is 0 Å². The van der Waals surface area contributed by atoms with Gasteiger partial charge in [0, 0.05) is 24.8 Å². The summed E-state index contributed by atoms with van der Waals surface area (Å²) < 4.78 is 29.8. The maximum absolute atomic E-state index is 12.3. The molecular weight excluding hydrogens is 404 g/mol. The largest absolute Gasteiger partial charge is 0.378 e. The Morgan fingerprint density at radius 2 is 1.83 bits per heavy atom. The minimum atomic E-state index is -3.31. The second-order valence-electron chi connectivity index (χ2n) is 7.57. The zero-order valence-corrected chi connectivity index (χ0v) is 18.4. The number of nitrogens with zero attached hydrogens (tertiary/aromatic N) is 3. The molecule has 0 radical (unpaired) electrons. The standard InChI is InChI=1S/C21H28N4O4S/c1-15(2)30(27,28)18-6-4-17(5-7-18)13-21(26)22-14-19-23-16(3)12-20(24-19)25-8-10-29-11-9-25/h4-7,12,15H,8-11,13-14H2,1-3H3,(H,22,26). The number of hydrogen-bond acceptors (Lipinski definition) is 7. The fourth-order valence-electron chi connectivity index (χ4n) is 3.14. The summed E-state index contributed by atoms with van der Waals surface area (Å²) in [6, 6.07) is 8.39. The van der Waals surface area contributed by atoms with Gasteiger partial charge in [0.25, 0.3) is 0 Å². The summed E-state index contributed by atoms with van der Waals surface area (Å²) in [6.07, 6.45) is 0.157. The van der Waals surface area contributed by atoms with Crippen LogP contribution in [-0.2, 0) is 32.3 Å². The predicted molar refractivity (Wildman–Crippen MR) is 114 cm³/mol. The Morgan fingerprint density at radius 1 is 1.17 bits per heavy atom. The average molecular weight is 433 g/mol. The maximum Gasteiger partial charge on any atom is 0.224 e. The van der Waals surface area contributed by atoms with Crippen molar-refractivity contribution >= 4 is 21.6 Å². The summed E-state index contributed by atoms with van der Waals surface area (Å²) >= 11 is 0. The van der Waals surface area contributed by atoms with E-state index in [1.54, 1.807) is 38.1 Å². The first kappa shape index (κ1) is 22.2. The highest BCUT2D eigenvalue weighted by Crippen LogP contribution is 2.17. The van der Waals surface area contributed by atoms with Crippen LogP contribution in [0.3, 0.4) is 0 Å². The summed E-state index contributed by atoms with van der Waals surface area (Å²) in [5.74, 6) is 1.23. The third-order valence-electron chi connectivity index (χ3n) is 4.90. The summed E-state index contributed by atoms with van der Waals surface area (Å²) in [4.78, 5) is 23.7. The van der Waals surface area contributed by atoms with Crippen LogP contribution in [0.2, 0.25) is 0 Å². The summed E-state index contributed by atoms with van der Waals surface area (Å²) in [7, 11) is -3.31. The summed E-state index contributed by atoms with van der Waals surface area (Å²) in [5, 5.41) is 2.36. The molecule has 3 rings (SSSR count). The van der Waals surface area contributed by atoms with Crippen molar-refractivity contribution in [3.05, 3.63) is 47.4 Å². The van der Waals surface area contributed by atoms with Crippen molar-refractivity contribution in [1.82, 2.24) is 15.3 Å². The van der Waals surface area contributed by atoms with Crippen LogP contribution >= 0.6 is 0 Å². The van der Waals surface area contributed by atoms with E-state index < -0.39 is 15.1 Å².